The molecule has 2 rings (SSSR count). The van der Waals surface area contributed by atoms with Crippen LogP contribution in [0.1, 0.15) is 11.5 Å². The number of hydrogen-bond donors (Lipinski definition) is 1. The number of aryl methyl sites for hydroxylation is 1. The Hall–Kier alpha value is -1.35. The van der Waals surface area contributed by atoms with Gasteiger partial charge < -0.3 is 0 Å². The summed E-state index contributed by atoms with van der Waals surface area (Å²) in [5.41, 5.74) is 3.06. The molecule has 0 radical (unpaired) electrons. The summed E-state index contributed by atoms with van der Waals surface area (Å²) in [5, 5.41) is 0. The highest BCUT2D eigenvalue weighted by atomic mass is 32.1. The maximum absolute atomic E-state index is 4.43. The zero-order chi connectivity index (χ0) is 10.7. The first-order valence-electron chi connectivity index (χ1n) is 4.80. The fourth-order valence-corrected chi connectivity index (χ4v) is 1.60. The van der Waals surface area contributed by atoms with Crippen molar-refractivity contribution in [1.82, 2.24) is 9.97 Å². The van der Waals surface area contributed by atoms with E-state index < -0.39 is 0 Å². The van der Waals surface area contributed by atoms with Gasteiger partial charge in [0.2, 0.25) is 0 Å². The summed E-state index contributed by atoms with van der Waals surface area (Å²) in [6.07, 6.45) is 0. The molecule has 0 aliphatic heterocycles. The molecule has 0 aliphatic carbocycles. The number of thiol groups is 1. The molecule has 0 N–H and O–H groups in total. The molecule has 0 saturated heterocycles. The lowest BCUT2D eigenvalue weighted by Gasteiger charge is -2.04. The van der Waals surface area contributed by atoms with Gasteiger partial charge in [-0.25, -0.2) is 9.97 Å². The lowest BCUT2D eigenvalue weighted by Crippen LogP contribution is -1.96. The second-order valence-electron chi connectivity index (χ2n) is 3.33. The molecule has 0 aliphatic rings. The standard InChI is InChI=1S/C12H12N2S/c1-9-7-11(14-12(8-15)13-9)10-5-3-2-4-6-10/h2-7,15H,8H2,1H3. The molecule has 0 spiro atoms. The molecule has 2 nitrogen and oxygen atoms in total. The number of rotatable bonds is 2. The van der Waals surface area contributed by atoms with Crippen molar-refractivity contribution >= 4 is 12.6 Å². The molecule has 0 saturated carbocycles. The molecule has 1 aromatic heterocycles. The predicted octanol–water partition coefficient (Wildman–Crippen LogP) is 2.88. The molecule has 0 bridgehead atoms. The van der Waals surface area contributed by atoms with Crippen LogP contribution in [0, 0.1) is 6.92 Å². The van der Waals surface area contributed by atoms with E-state index in [9.17, 15) is 0 Å². The topological polar surface area (TPSA) is 25.8 Å². The molecule has 3 heteroatoms. The van der Waals surface area contributed by atoms with Gasteiger partial charge in [-0.2, -0.15) is 12.6 Å². The van der Waals surface area contributed by atoms with Crippen molar-refractivity contribution in [2.24, 2.45) is 0 Å². The minimum atomic E-state index is 0.571. The Morgan fingerprint density at radius 2 is 1.87 bits per heavy atom. The minimum Gasteiger partial charge on any atom is -0.237 e. The Morgan fingerprint density at radius 1 is 1.13 bits per heavy atom. The minimum absolute atomic E-state index is 0.571. The van der Waals surface area contributed by atoms with E-state index >= 15 is 0 Å². The molecule has 76 valence electrons. The number of aromatic nitrogens is 2. The highest BCUT2D eigenvalue weighted by molar-refractivity contribution is 7.79. The van der Waals surface area contributed by atoms with Gasteiger partial charge in [0, 0.05) is 11.3 Å². The van der Waals surface area contributed by atoms with E-state index in [-0.39, 0.29) is 0 Å². The van der Waals surface area contributed by atoms with Gasteiger partial charge >= 0.3 is 0 Å². The second kappa shape index (κ2) is 4.45. The first-order chi connectivity index (χ1) is 7.29. The van der Waals surface area contributed by atoms with Crippen molar-refractivity contribution in [3.05, 3.63) is 47.9 Å². The number of hydrogen-bond acceptors (Lipinski definition) is 3. The van der Waals surface area contributed by atoms with E-state index in [2.05, 4.69) is 22.6 Å². The maximum atomic E-state index is 4.43. The zero-order valence-corrected chi connectivity index (χ0v) is 9.41. The van der Waals surface area contributed by atoms with Crippen molar-refractivity contribution in [3.8, 4) is 11.3 Å². The summed E-state index contributed by atoms with van der Waals surface area (Å²) in [7, 11) is 0. The molecule has 15 heavy (non-hydrogen) atoms. The summed E-state index contributed by atoms with van der Waals surface area (Å²) >= 11 is 4.19. The lowest BCUT2D eigenvalue weighted by atomic mass is 10.1. The SMILES string of the molecule is Cc1cc(-c2ccccc2)nc(CS)n1. The van der Waals surface area contributed by atoms with Gasteiger partial charge in [-0.1, -0.05) is 30.3 Å². The van der Waals surface area contributed by atoms with Crippen LogP contribution in [-0.2, 0) is 5.75 Å². The smallest absolute Gasteiger partial charge is 0.138 e. The predicted molar refractivity (Wildman–Crippen MR) is 64.9 cm³/mol. The van der Waals surface area contributed by atoms with Crippen molar-refractivity contribution < 1.29 is 0 Å². The molecule has 1 aromatic carbocycles. The van der Waals surface area contributed by atoms with E-state index in [0.717, 1.165) is 22.8 Å². The molecule has 2 aromatic rings. The van der Waals surface area contributed by atoms with Crippen LogP contribution in [0.3, 0.4) is 0 Å². The Balaban J connectivity index is 2.49. The normalized spacial score (nSPS) is 10.3. The summed E-state index contributed by atoms with van der Waals surface area (Å²) in [6, 6.07) is 12.1. The third-order valence-electron chi connectivity index (χ3n) is 2.11. The van der Waals surface area contributed by atoms with Gasteiger partial charge in [-0.3, -0.25) is 0 Å². The van der Waals surface area contributed by atoms with Gasteiger partial charge in [0.15, 0.2) is 0 Å². The monoisotopic (exact) mass is 216 g/mol. The van der Waals surface area contributed by atoms with E-state index in [1.54, 1.807) is 0 Å². The Labute approximate surface area is 94.8 Å². The molecule has 0 fully saturated rings. The zero-order valence-electron chi connectivity index (χ0n) is 8.51. The number of nitrogens with zero attached hydrogens (tertiary/aromatic N) is 2. The summed E-state index contributed by atoms with van der Waals surface area (Å²) in [4.78, 5) is 8.73. The molecule has 1 heterocycles. The third kappa shape index (κ3) is 2.36. The average Bonchev–Trinajstić information content (AvgIpc) is 2.29. The first kappa shape index (κ1) is 10.2. The molecular formula is C12H12N2S. The van der Waals surface area contributed by atoms with Crippen LogP contribution in [0.4, 0.5) is 0 Å². The quantitative estimate of drug-likeness (QED) is 0.781. The third-order valence-corrected chi connectivity index (χ3v) is 2.39. The van der Waals surface area contributed by atoms with Crippen molar-refractivity contribution in [2.75, 3.05) is 0 Å². The van der Waals surface area contributed by atoms with Gasteiger partial charge in [0.25, 0.3) is 0 Å². The Bertz CT molecular complexity index is 454. The second-order valence-corrected chi connectivity index (χ2v) is 3.65. The fraction of sp³-hybridized carbons (Fsp3) is 0.167. The van der Waals surface area contributed by atoms with Gasteiger partial charge in [-0.15, -0.1) is 0 Å². The van der Waals surface area contributed by atoms with Crippen molar-refractivity contribution in [2.45, 2.75) is 12.7 Å². The van der Waals surface area contributed by atoms with Crippen LogP contribution in [0.25, 0.3) is 11.3 Å². The Morgan fingerprint density at radius 3 is 2.53 bits per heavy atom. The highest BCUT2D eigenvalue weighted by Crippen LogP contribution is 2.17. The van der Waals surface area contributed by atoms with E-state index in [1.165, 1.54) is 0 Å². The largest absolute Gasteiger partial charge is 0.237 e. The van der Waals surface area contributed by atoms with Crippen molar-refractivity contribution in [3.63, 3.8) is 0 Å². The molecule has 0 amide bonds. The lowest BCUT2D eigenvalue weighted by molar-refractivity contribution is 1.00. The van der Waals surface area contributed by atoms with E-state index in [0.29, 0.717) is 5.75 Å². The van der Waals surface area contributed by atoms with Crippen LogP contribution in [0.5, 0.6) is 0 Å². The van der Waals surface area contributed by atoms with Crippen LogP contribution in [-0.4, -0.2) is 9.97 Å². The van der Waals surface area contributed by atoms with Crippen LogP contribution < -0.4 is 0 Å². The van der Waals surface area contributed by atoms with Gasteiger partial charge in [-0.05, 0) is 13.0 Å². The van der Waals surface area contributed by atoms with Crippen molar-refractivity contribution in [1.29, 1.82) is 0 Å². The average molecular weight is 216 g/mol. The summed E-state index contributed by atoms with van der Waals surface area (Å²) < 4.78 is 0. The highest BCUT2D eigenvalue weighted by Gasteiger charge is 2.02. The fourth-order valence-electron chi connectivity index (χ4n) is 1.46. The molecular weight excluding hydrogens is 204 g/mol. The van der Waals surface area contributed by atoms with E-state index in [4.69, 9.17) is 0 Å². The van der Waals surface area contributed by atoms with Crippen LogP contribution in [0.15, 0.2) is 36.4 Å². The maximum Gasteiger partial charge on any atom is 0.138 e. The van der Waals surface area contributed by atoms with Gasteiger partial charge in [0.05, 0.1) is 11.4 Å². The Kier molecular flexibility index (Phi) is 3.02. The van der Waals surface area contributed by atoms with Gasteiger partial charge in [0.1, 0.15) is 5.82 Å². The van der Waals surface area contributed by atoms with Crippen LogP contribution in [0.2, 0.25) is 0 Å². The van der Waals surface area contributed by atoms with E-state index in [1.807, 2.05) is 43.3 Å². The molecule has 0 unspecified atom stereocenters. The molecule has 0 atom stereocenters. The summed E-state index contributed by atoms with van der Waals surface area (Å²) in [5.74, 6) is 1.35. The van der Waals surface area contributed by atoms with Crippen LogP contribution >= 0.6 is 12.6 Å². The number of benzene rings is 1. The summed E-state index contributed by atoms with van der Waals surface area (Å²) in [6.45, 7) is 1.97. The first-order valence-corrected chi connectivity index (χ1v) is 5.43.